The van der Waals surface area contributed by atoms with Crippen LogP contribution < -0.4 is 5.32 Å². The van der Waals surface area contributed by atoms with Crippen molar-refractivity contribution in [3.63, 3.8) is 0 Å². The van der Waals surface area contributed by atoms with E-state index in [2.05, 4.69) is 5.32 Å². The van der Waals surface area contributed by atoms with Crippen LogP contribution in [-0.2, 0) is 16.0 Å². The highest BCUT2D eigenvalue weighted by Crippen LogP contribution is 2.49. The predicted molar refractivity (Wildman–Crippen MR) is 112 cm³/mol. The third-order valence-corrected chi connectivity index (χ3v) is 6.61. The summed E-state index contributed by atoms with van der Waals surface area (Å²) in [6, 6.07) is 4.17. The number of benzene rings is 1. The van der Waals surface area contributed by atoms with E-state index in [1.165, 1.54) is 18.2 Å². The van der Waals surface area contributed by atoms with E-state index >= 15 is 4.39 Å². The summed E-state index contributed by atoms with van der Waals surface area (Å²) in [5, 5.41) is 11.7. The Morgan fingerprint density at radius 2 is 1.97 bits per heavy atom. The number of aliphatic carboxylic acids is 1. The lowest BCUT2D eigenvalue weighted by Crippen LogP contribution is -2.40. The molecule has 1 amide bonds. The van der Waals surface area contributed by atoms with Crippen LogP contribution in [-0.4, -0.2) is 23.2 Å². The zero-order chi connectivity index (χ0) is 23.7. The topological polar surface area (TPSA) is 66.4 Å². The maximum absolute atomic E-state index is 15.0. The number of halogens is 4. The van der Waals surface area contributed by atoms with Gasteiger partial charge in [-0.2, -0.15) is 13.2 Å². The lowest BCUT2D eigenvalue weighted by molar-refractivity contribution is -0.188. The van der Waals surface area contributed by atoms with E-state index < -0.39 is 47.0 Å². The number of allylic oxidation sites excluding steroid dienone is 4. The van der Waals surface area contributed by atoms with Crippen LogP contribution in [0.5, 0.6) is 0 Å². The Hall–Kier alpha value is -2.64. The second-order valence-electron chi connectivity index (χ2n) is 8.78. The first kappa shape index (κ1) is 24.0. The van der Waals surface area contributed by atoms with Crippen molar-refractivity contribution in [1.29, 1.82) is 0 Å². The van der Waals surface area contributed by atoms with E-state index in [9.17, 15) is 27.9 Å². The Labute approximate surface area is 184 Å². The molecule has 0 bridgehead atoms. The zero-order valence-corrected chi connectivity index (χ0v) is 18.0. The molecule has 174 valence electrons. The number of amides is 1. The monoisotopic (exact) mass is 453 g/mol. The Morgan fingerprint density at radius 3 is 2.47 bits per heavy atom. The van der Waals surface area contributed by atoms with Crippen molar-refractivity contribution < 1.29 is 32.3 Å². The number of carbonyl (C=O) groups excluding carboxylic acids is 1. The van der Waals surface area contributed by atoms with Crippen LogP contribution in [0.1, 0.15) is 45.1 Å². The van der Waals surface area contributed by atoms with Crippen LogP contribution >= 0.6 is 0 Å². The maximum atomic E-state index is 15.0. The van der Waals surface area contributed by atoms with E-state index in [0.29, 0.717) is 19.3 Å². The van der Waals surface area contributed by atoms with Crippen molar-refractivity contribution in [3.8, 4) is 0 Å². The number of carboxylic acid groups (broad SMARTS) is 1. The quantitative estimate of drug-likeness (QED) is 0.482. The van der Waals surface area contributed by atoms with Gasteiger partial charge in [0.15, 0.2) is 0 Å². The van der Waals surface area contributed by atoms with Crippen molar-refractivity contribution in [1.82, 2.24) is 0 Å². The summed E-state index contributed by atoms with van der Waals surface area (Å²) in [6.07, 6.45) is 2.47. The average molecular weight is 453 g/mol. The predicted octanol–water partition coefficient (Wildman–Crippen LogP) is 5.90. The smallest absolute Gasteiger partial charge is 0.392 e. The first-order valence-electron chi connectivity index (χ1n) is 10.7. The lowest BCUT2D eigenvalue weighted by Gasteiger charge is -2.31. The lowest BCUT2D eigenvalue weighted by atomic mass is 9.77. The second kappa shape index (κ2) is 9.08. The molecule has 0 saturated heterocycles. The van der Waals surface area contributed by atoms with Gasteiger partial charge >= 0.3 is 12.1 Å². The summed E-state index contributed by atoms with van der Waals surface area (Å²) < 4.78 is 55.7. The van der Waals surface area contributed by atoms with Crippen molar-refractivity contribution in [3.05, 3.63) is 53.4 Å². The van der Waals surface area contributed by atoms with E-state index in [-0.39, 0.29) is 17.7 Å². The molecule has 1 aromatic rings. The molecule has 0 heterocycles. The minimum atomic E-state index is -4.59. The molecule has 0 aromatic heterocycles. The molecular formula is C24H27F4NO3. The van der Waals surface area contributed by atoms with Crippen LogP contribution in [0.4, 0.5) is 23.2 Å². The van der Waals surface area contributed by atoms with Crippen LogP contribution in [0.25, 0.3) is 0 Å². The van der Waals surface area contributed by atoms with Crippen molar-refractivity contribution in [2.75, 3.05) is 5.32 Å². The van der Waals surface area contributed by atoms with Gasteiger partial charge in [-0.05, 0) is 49.7 Å². The summed E-state index contributed by atoms with van der Waals surface area (Å²) >= 11 is 0. The van der Waals surface area contributed by atoms with Gasteiger partial charge in [0.2, 0.25) is 5.91 Å². The molecule has 1 saturated carbocycles. The van der Waals surface area contributed by atoms with Gasteiger partial charge in [-0.25, -0.2) is 4.39 Å². The van der Waals surface area contributed by atoms with Gasteiger partial charge in [0.05, 0.1) is 22.9 Å². The van der Waals surface area contributed by atoms with Crippen molar-refractivity contribution >= 4 is 17.6 Å². The normalized spacial score (nSPS) is 21.4. The molecule has 8 heteroatoms. The molecule has 2 aliphatic carbocycles. The summed E-state index contributed by atoms with van der Waals surface area (Å²) in [5.74, 6) is -6.75. The molecule has 3 rings (SSSR count). The van der Waals surface area contributed by atoms with Gasteiger partial charge in [-0.1, -0.05) is 49.8 Å². The molecule has 0 radical (unpaired) electrons. The van der Waals surface area contributed by atoms with E-state index in [1.54, 1.807) is 12.2 Å². The molecule has 32 heavy (non-hydrogen) atoms. The second-order valence-corrected chi connectivity index (χ2v) is 8.78. The minimum Gasteiger partial charge on any atom is -0.481 e. The van der Waals surface area contributed by atoms with Crippen LogP contribution in [0.15, 0.2) is 42.0 Å². The largest absolute Gasteiger partial charge is 0.481 e. The van der Waals surface area contributed by atoms with Gasteiger partial charge in [-0.3, -0.25) is 9.59 Å². The van der Waals surface area contributed by atoms with Crippen molar-refractivity contribution in [2.45, 2.75) is 52.1 Å². The van der Waals surface area contributed by atoms with E-state index in [4.69, 9.17) is 0 Å². The first-order valence-corrected chi connectivity index (χ1v) is 10.7. The molecular weight excluding hydrogens is 426 g/mol. The number of rotatable bonds is 8. The molecule has 3 atom stereocenters. The van der Waals surface area contributed by atoms with Crippen LogP contribution in [0, 0.1) is 29.0 Å². The third kappa shape index (κ3) is 5.05. The van der Waals surface area contributed by atoms with Gasteiger partial charge in [0.25, 0.3) is 0 Å². The van der Waals surface area contributed by atoms with Crippen LogP contribution in [0.2, 0.25) is 0 Å². The number of carbonyl (C=O) groups is 2. The first-order chi connectivity index (χ1) is 15.0. The zero-order valence-electron chi connectivity index (χ0n) is 18.0. The highest BCUT2D eigenvalue weighted by Gasteiger charge is 2.50. The maximum Gasteiger partial charge on any atom is 0.392 e. The Bertz CT molecular complexity index is 947. The fraction of sp³-hybridized carbons (Fsp3) is 0.500. The molecule has 1 unspecified atom stereocenters. The van der Waals surface area contributed by atoms with Gasteiger partial charge in [-0.15, -0.1) is 0 Å². The van der Waals surface area contributed by atoms with E-state index in [0.717, 1.165) is 18.9 Å². The Balaban J connectivity index is 1.83. The van der Waals surface area contributed by atoms with Gasteiger partial charge in [0, 0.05) is 0 Å². The highest BCUT2D eigenvalue weighted by molar-refractivity contribution is 5.93. The highest BCUT2D eigenvalue weighted by atomic mass is 19.4. The number of anilines is 1. The number of alkyl halides is 3. The van der Waals surface area contributed by atoms with Crippen LogP contribution in [0.3, 0.4) is 0 Å². The third-order valence-electron chi connectivity index (χ3n) is 6.61. The Kier molecular flexibility index (Phi) is 6.81. The molecule has 1 aromatic carbocycles. The average Bonchev–Trinajstić information content (AvgIpc) is 3.52. The standard InChI is InChI=1S/C24H27F4NO3/c1-3-15-7-9-16(10-8-15)19(14(2)24(26,27)28)21(30)29-18-6-4-5-17(20(18)25)13-23(11-12-23)22(31)32/h4-9,14,16,19H,3,10-13H2,1-2H3,(H,29,30)(H,31,32)/t14-,16?,19+/m1/s1. The molecule has 2 N–H and O–H groups in total. The Morgan fingerprint density at radius 1 is 1.28 bits per heavy atom. The molecule has 1 fully saturated rings. The summed E-state index contributed by atoms with van der Waals surface area (Å²) in [4.78, 5) is 24.4. The molecule has 4 nitrogen and oxygen atoms in total. The summed E-state index contributed by atoms with van der Waals surface area (Å²) in [6.45, 7) is 2.90. The van der Waals surface area contributed by atoms with Gasteiger partial charge in [0.1, 0.15) is 5.82 Å². The number of nitrogens with one attached hydrogen (secondary N) is 1. The molecule has 2 aliphatic rings. The van der Waals surface area contributed by atoms with Gasteiger partial charge < -0.3 is 10.4 Å². The number of hydrogen-bond acceptors (Lipinski definition) is 2. The summed E-state index contributed by atoms with van der Waals surface area (Å²) in [7, 11) is 0. The fourth-order valence-electron chi connectivity index (χ4n) is 4.22. The summed E-state index contributed by atoms with van der Waals surface area (Å²) in [5.41, 5.74) is -0.132. The molecule has 0 aliphatic heterocycles. The number of carboxylic acids is 1. The molecule has 0 spiro atoms. The minimum absolute atomic E-state index is 0.0315. The van der Waals surface area contributed by atoms with E-state index in [1.807, 2.05) is 13.0 Å². The SMILES string of the molecule is CCC1=CCC([C@@H](C(=O)Nc2cccc(CC3(C(=O)O)CC3)c2F)[C@@H](C)C(F)(F)F)C=C1. The number of hydrogen-bond donors (Lipinski definition) is 2. The fourth-order valence-corrected chi connectivity index (χ4v) is 4.22. The van der Waals surface area contributed by atoms with Crippen molar-refractivity contribution in [2.24, 2.45) is 23.2 Å².